The molecule has 0 bridgehead atoms. The number of sulfonamides is 1. The molecule has 0 aliphatic carbocycles. The lowest BCUT2D eigenvalue weighted by atomic mass is 10.0. The van der Waals surface area contributed by atoms with Crippen molar-refractivity contribution < 1.29 is 17.6 Å². The summed E-state index contributed by atoms with van der Waals surface area (Å²) in [6.07, 6.45) is 3.51. The number of nitrogens with one attached hydrogen (secondary N) is 2. The topological polar surface area (TPSA) is 78.5 Å². The molecule has 0 spiro atoms. The van der Waals surface area contributed by atoms with Gasteiger partial charge in [-0.25, -0.2) is 12.8 Å². The van der Waals surface area contributed by atoms with E-state index in [-0.39, 0.29) is 5.92 Å². The van der Waals surface area contributed by atoms with Crippen LogP contribution in [-0.4, -0.2) is 33.5 Å². The second-order valence-electron chi connectivity index (χ2n) is 7.86. The summed E-state index contributed by atoms with van der Waals surface area (Å²) in [5, 5.41) is 2.81. The molecule has 2 N–H and O–H groups in total. The average molecular weight is 434 g/mol. The summed E-state index contributed by atoms with van der Waals surface area (Å²) in [6, 6.07) is 11.6. The molecule has 0 aromatic heterocycles. The largest absolute Gasteiger partial charge is 0.371 e. The van der Waals surface area contributed by atoms with Crippen molar-refractivity contribution in [3.8, 4) is 0 Å². The second-order valence-corrected chi connectivity index (χ2v) is 9.54. The van der Waals surface area contributed by atoms with Gasteiger partial charge in [0.2, 0.25) is 15.9 Å². The Morgan fingerprint density at radius 1 is 1.03 bits per heavy atom. The molecule has 1 saturated heterocycles. The Bertz CT molecular complexity index is 989. The SMILES string of the molecule is CC(C)[C@H](NS(=O)(=O)c1ccccc1F)C(=O)Nc1cccc(N2CCCCC2)c1. The molecule has 2 aromatic rings. The number of carbonyl (C=O) groups is 1. The van der Waals surface area contributed by atoms with Gasteiger partial charge in [0.05, 0.1) is 0 Å². The van der Waals surface area contributed by atoms with Crippen LogP contribution in [0.4, 0.5) is 15.8 Å². The summed E-state index contributed by atoms with van der Waals surface area (Å²) in [4.78, 5) is 14.7. The monoisotopic (exact) mass is 433 g/mol. The minimum absolute atomic E-state index is 0.336. The normalized spacial score (nSPS) is 15.8. The van der Waals surface area contributed by atoms with Crippen molar-refractivity contribution in [3.05, 3.63) is 54.3 Å². The molecule has 1 atom stereocenters. The number of hydrogen-bond acceptors (Lipinski definition) is 4. The van der Waals surface area contributed by atoms with E-state index in [1.807, 2.05) is 18.2 Å². The molecule has 2 aromatic carbocycles. The molecule has 162 valence electrons. The minimum Gasteiger partial charge on any atom is -0.371 e. The van der Waals surface area contributed by atoms with Crippen molar-refractivity contribution in [1.82, 2.24) is 4.72 Å². The first-order chi connectivity index (χ1) is 14.3. The van der Waals surface area contributed by atoms with Crippen LogP contribution in [0.5, 0.6) is 0 Å². The van der Waals surface area contributed by atoms with E-state index in [4.69, 9.17) is 0 Å². The Labute approximate surface area is 177 Å². The molecule has 8 heteroatoms. The van der Waals surface area contributed by atoms with Gasteiger partial charge in [-0.1, -0.05) is 32.0 Å². The number of benzene rings is 2. The van der Waals surface area contributed by atoms with Gasteiger partial charge in [-0.05, 0) is 55.5 Å². The Hall–Kier alpha value is -2.45. The van der Waals surface area contributed by atoms with Gasteiger partial charge >= 0.3 is 0 Å². The van der Waals surface area contributed by atoms with Crippen LogP contribution in [0.2, 0.25) is 0 Å². The van der Waals surface area contributed by atoms with E-state index in [9.17, 15) is 17.6 Å². The predicted octanol–water partition coefficient (Wildman–Crippen LogP) is 3.76. The standard InChI is InChI=1S/C22H28FN3O3S/c1-16(2)21(25-30(28,29)20-12-5-4-11-19(20)23)22(27)24-17-9-8-10-18(15-17)26-13-6-3-7-14-26/h4-5,8-12,15-16,21,25H,3,6-7,13-14H2,1-2H3,(H,24,27)/t21-/m0/s1. The minimum atomic E-state index is -4.19. The quantitative estimate of drug-likeness (QED) is 0.697. The zero-order valence-corrected chi connectivity index (χ0v) is 18.1. The number of carbonyl (C=O) groups excluding carboxylic acids is 1. The van der Waals surface area contributed by atoms with Crippen molar-refractivity contribution >= 4 is 27.3 Å². The van der Waals surface area contributed by atoms with Gasteiger partial charge in [0.1, 0.15) is 16.8 Å². The number of piperidine rings is 1. The smallest absolute Gasteiger partial charge is 0.244 e. The molecule has 6 nitrogen and oxygen atoms in total. The molecule has 0 unspecified atom stereocenters. The third kappa shape index (κ3) is 5.37. The lowest BCUT2D eigenvalue weighted by Crippen LogP contribution is -2.47. The molecule has 3 rings (SSSR count). The maximum absolute atomic E-state index is 14.0. The summed E-state index contributed by atoms with van der Waals surface area (Å²) in [7, 11) is -4.19. The van der Waals surface area contributed by atoms with Gasteiger partial charge in [0.25, 0.3) is 0 Å². The Morgan fingerprint density at radius 3 is 2.40 bits per heavy atom. The van der Waals surface area contributed by atoms with Crippen LogP contribution in [0.3, 0.4) is 0 Å². The third-order valence-corrected chi connectivity index (χ3v) is 6.67. The average Bonchev–Trinajstić information content (AvgIpc) is 2.73. The summed E-state index contributed by atoms with van der Waals surface area (Å²) in [5.41, 5.74) is 1.62. The van der Waals surface area contributed by atoms with E-state index in [1.54, 1.807) is 19.9 Å². The van der Waals surface area contributed by atoms with E-state index in [0.717, 1.165) is 37.7 Å². The predicted molar refractivity (Wildman–Crippen MR) is 116 cm³/mol. The fourth-order valence-electron chi connectivity index (χ4n) is 3.54. The summed E-state index contributed by atoms with van der Waals surface area (Å²) in [5.74, 6) is -1.68. The highest BCUT2D eigenvalue weighted by Crippen LogP contribution is 2.23. The van der Waals surface area contributed by atoms with Gasteiger partial charge in [0.15, 0.2) is 0 Å². The zero-order valence-electron chi connectivity index (χ0n) is 17.3. The molecule has 1 heterocycles. The Kier molecular flexibility index (Phi) is 7.10. The molecule has 1 aliphatic rings. The second kappa shape index (κ2) is 9.57. The van der Waals surface area contributed by atoms with E-state index in [0.29, 0.717) is 5.69 Å². The number of nitrogens with zero attached hydrogens (tertiary/aromatic N) is 1. The van der Waals surface area contributed by atoms with Gasteiger partial charge in [0, 0.05) is 24.5 Å². The molecule has 0 saturated carbocycles. The summed E-state index contributed by atoms with van der Waals surface area (Å²) in [6.45, 7) is 5.43. The van der Waals surface area contributed by atoms with Crippen LogP contribution in [0.1, 0.15) is 33.1 Å². The van der Waals surface area contributed by atoms with Crippen LogP contribution < -0.4 is 14.9 Å². The maximum Gasteiger partial charge on any atom is 0.244 e. The van der Waals surface area contributed by atoms with Crippen LogP contribution in [0, 0.1) is 11.7 Å². The molecular weight excluding hydrogens is 405 g/mol. The van der Waals surface area contributed by atoms with Crippen molar-refractivity contribution in [2.45, 2.75) is 44.0 Å². The zero-order chi connectivity index (χ0) is 21.7. The van der Waals surface area contributed by atoms with Gasteiger partial charge in [-0.15, -0.1) is 0 Å². The Morgan fingerprint density at radius 2 is 1.73 bits per heavy atom. The first kappa shape index (κ1) is 22.2. The molecule has 1 aliphatic heterocycles. The number of hydrogen-bond donors (Lipinski definition) is 2. The highest BCUT2D eigenvalue weighted by atomic mass is 32.2. The lowest BCUT2D eigenvalue weighted by Gasteiger charge is -2.29. The van der Waals surface area contributed by atoms with Crippen molar-refractivity contribution in [3.63, 3.8) is 0 Å². The van der Waals surface area contributed by atoms with Gasteiger partial charge in [-0.2, -0.15) is 4.72 Å². The van der Waals surface area contributed by atoms with Crippen molar-refractivity contribution in [2.24, 2.45) is 5.92 Å². The van der Waals surface area contributed by atoms with E-state index < -0.39 is 32.7 Å². The molecular formula is C22H28FN3O3S. The van der Waals surface area contributed by atoms with Gasteiger partial charge in [-0.3, -0.25) is 4.79 Å². The molecule has 1 fully saturated rings. The Balaban J connectivity index is 1.76. The fraction of sp³-hybridized carbons (Fsp3) is 0.409. The summed E-state index contributed by atoms with van der Waals surface area (Å²) < 4.78 is 41.6. The maximum atomic E-state index is 14.0. The highest BCUT2D eigenvalue weighted by molar-refractivity contribution is 7.89. The van der Waals surface area contributed by atoms with Crippen LogP contribution in [-0.2, 0) is 14.8 Å². The van der Waals surface area contributed by atoms with E-state index in [2.05, 4.69) is 14.9 Å². The van der Waals surface area contributed by atoms with Crippen LogP contribution in [0.15, 0.2) is 53.4 Å². The molecule has 30 heavy (non-hydrogen) atoms. The third-order valence-electron chi connectivity index (χ3n) is 5.19. The highest BCUT2D eigenvalue weighted by Gasteiger charge is 2.30. The number of anilines is 2. The van der Waals surface area contributed by atoms with E-state index in [1.165, 1.54) is 24.6 Å². The van der Waals surface area contributed by atoms with Gasteiger partial charge < -0.3 is 10.2 Å². The first-order valence-corrected chi connectivity index (χ1v) is 11.7. The van der Waals surface area contributed by atoms with E-state index >= 15 is 0 Å². The van der Waals surface area contributed by atoms with Crippen molar-refractivity contribution in [1.29, 1.82) is 0 Å². The molecule has 1 amide bonds. The number of halogens is 1. The number of amides is 1. The fourth-order valence-corrected chi connectivity index (χ4v) is 4.96. The lowest BCUT2D eigenvalue weighted by molar-refractivity contribution is -0.118. The van der Waals surface area contributed by atoms with Crippen LogP contribution >= 0.6 is 0 Å². The van der Waals surface area contributed by atoms with Crippen LogP contribution in [0.25, 0.3) is 0 Å². The van der Waals surface area contributed by atoms with Crippen molar-refractivity contribution in [2.75, 3.05) is 23.3 Å². The first-order valence-electron chi connectivity index (χ1n) is 10.2. The number of rotatable bonds is 7. The molecule has 0 radical (unpaired) electrons. The summed E-state index contributed by atoms with van der Waals surface area (Å²) >= 11 is 0.